The van der Waals surface area contributed by atoms with Crippen molar-refractivity contribution < 1.29 is 13.7 Å². The highest BCUT2D eigenvalue weighted by molar-refractivity contribution is 9.10. The van der Waals surface area contributed by atoms with E-state index in [0.717, 1.165) is 4.68 Å². The fraction of sp³-hybridized carbons (Fsp3) is 0.545. The molecular weight excluding hydrogens is 350 g/mol. The quantitative estimate of drug-likeness (QED) is 0.701. The number of rotatable bonds is 7. The van der Waals surface area contributed by atoms with Crippen molar-refractivity contribution in [3.8, 4) is 0 Å². The molecule has 20 heavy (non-hydrogen) atoms. The molecule has 0 aliphatic carbocycles. The van der Waals surface area contributed by atoms with E-state index in [9.17, 15) is 13.8 Å². The molecule has 0 bridgehead atoms. The molecule has 0 aliphatic heterocycles. The molecule has 1 N–H and O–H groups in total. The van der Waals surface area contributed by atoms with E-state index in [2.05, 4.69) is 31.1 Å². The van der Waals surface area contributed by atoms with E-state index in [4.69, 9.17) is 0 Å². The largest absolute Gasteiger partial charge is 0.468 e. The first-order valence-electron chi connectivity index (χ1n) is 5.90. The summed E-state index contributed by atoms with van der Waals surface area (Å²) < 4.78 is 17.1. The summed E-state index contributed by atoms with van der Waals surface area (Å²) in [7, 11) is 0.373. The van der Waals surface area contributed by atoms with Gasteiger partial charge in [-0.05, 0) is 15.9 Å². The first kappa shape index (κ1) is 16.8. The Morgan fingerprint density at radius 2 is 2.30 bits per heavy atom. The third-order valence-electron chi connectivity index (χ3n) is 2.46. The number of carbonyl (C=O) groups excluding carboxylic acids is 1. The molecule has 0 aromatic carbocycles. The van der Waals surface area contributed by atoms with Gasteiger partial charge in [0.25, 0.3) is 5.56 Å². The van der Waals surface area contributed by atoms with E-state index in [-0.39, 0.29) is 11.0 Å². The molecule has 0 saturated heterocycles. The molecule has 7 nitrogen and oxygen atoms in total. The zero-order valence-electron chi connectivity index (χ0n) is 11.2. The van der Waals surface area contributed by atoms with Crippen LogP contribution in [0.25, 0.3) is 0 Å². The minimum Gasteiger partial charge on any atom is -0.468 e. The van der Waals surface area contributed by atoms with E-state index in [1.165, 1.54) is 13.3 Å². The number of ether oxygens (including phenoxy) is 1. The van der Waals surface area contributed by atoms with E-state index < -0.39 is 22.3 Å². The van der Waals surface area contributed by atoms with Crippen LogP contribution in [0.2, 0.25) is 0 Å². The number of methoxy groups -OCH3 is 1. The molecule has 0 amide bonds. The monoisotopic (exact) mass is 365 g/mol. The second-order valence-corrected chi connectivity index (χ2v) is 6.43. The van der Waals surface area contributed by atoms with Crippen molar-refractivity contribution in [2.24, 2.45) is 0 Å². The molecule has 0 radical (unpaired) electrons. The molecule has 9 heteroatoms. The van der Waals surface area contributed by atoms with Crippen LogP contribution in [0.15, 0.2) is 15.5 Å². The minimum atomic E-state index is -0.869. The molecule has 1 heterocycles. The predicted molar refractivity (Wildman–Crippen MR) is 80.3 cm³/mol. The molecule has 1 unspecified atom stereocenters. The molecular formula is C11H16BrN3O4S. The normalized spacial score (nSPS) is 11.9. The summed E-state index contributed by atoms with van der Waals surface area (Å²) in [5, 5.41) is 6.86. The van der Waals surface area contributed by atoms with E-state index >= 15 is 0 Å². The Labute approximate surface area is 127 Å². The lowest BCUT2D eigenvalue weighted by atomic mass is 10.4. The molecule has 0 spiro atoms. The number of carbonyl (C=O) groups is 1. The lowest BCUT2D eigenvalue weighted by Crippen LogP contribution is -2.28. The Balaban J connectivity index is 2.76. The summed E-state index contributed by atoms with van der Waals surface area (Å²) in [5.74, 6) is 0.543. The summed E-state index contributed by atoms with van der Waals surface area (Å²) >= 11 is 3.16. The number of anilines is 1. The van der Waals surface area contributed by atoms with Crippen LogP contribution < -0.4 is 10.9 Å². The maximum absolute atomic E-state index is 11.9. The summed E-state index contributed by atoms with van der Waals surface area (Å²) in [6.07, 6.45) is 1.43. The van der Waals surface area contributed by atoms with Crippen molar-refractivity contribution in [2.75, 3.05) is 30.5 Å². The first-order valence-corrected chi connectivity index (χ1v) is 8.19. The summed E-state index contributed by atoms with van der Waals surface area (Å²) in [5.41, 5.74) is 0.0706. The number of aromatic nitrogens is 2. The highest BCUT2D eigenvalue weighted by Gasteiger charge is 2.11. The molecule has 112 valence electrons. The average molecular weight is 366 g/mol. The van der Waals surface area contributed by atoms with E-state index in [1.807, 2.05) is 6.92 Å². The molecule has 1 aromatic heterocycles. The maximum Gasteiger partial charge on any atom is 0.327 e. The van der Waals surface area contributed by atoms with Crippen molar-refractivity contribution in [3.63, 3.8) is 0 Å². The average Bonchev–Trinajstić information content (AvgIpc) is 2.45. The number of hydrogen-bond donors (Lipinski definition) is 1. The van der Waals surface area contributed by atoms with Crippen LogP contribution in [0.5, 0.6) is 0 Å². The van der Waals surface area contributed by atoms with Crippen LogP contribution >= 0.6 is 15.9 Å². The van der Waals surface area contributed by atoms with Crippen LogP contribution in [0, 0.1) is 0 Å². The van der Waals surface area contributed by atoms with Gasteiger partial charge in [0.05, 0.1) is 19.0 Å². The number of hydrogen-bond acceptors (Lipinski definition) is 6. The highest BCUT2D eigenvalue weighted by Crippen LogP contribution is 2.15. The van der Waals surface area contributed by atoms with Crippen molar-refractivity contribution in [2.45, 2.75) is 13.5 Å². The van der Waals surface area contributed by atoms with Gasteiger partial charge in [-0.3, -0.25) is 13.8 Å². The topological polar surface area (TPSA) is 90.3 Å². The summed E-state index contributed by atoms with van der Waals surface area (Å²) in [6, 6.07) is 0. The molecule has 0 fully saturated rings. The fourth-order valence-electron chi connectivity index (χ4n) is 1.33. The van der Waals surface area contributed by atoms with Gasteiger partial charge in [0.1, 0.15) is 11.0 Å². The zero-order chi connectivity index (χ0) is 15.1. The SMILES string of the molecule is CCS(=O)CCNc1cnn(CC(=O)OC)c(=O)c1Br. The van der Waals surface area contributed by atoms with Gasteiger partial charge < -0.3 is 10.1 Å². The van der Waals surface area contributed by atoms with Crippen LogP contribution in [0.3, 0.4) is 0 Å². The van der Waals surface area contributed by atoms with Crippen molar-refractivity contribution in [1.82, 2.24) is 9.78 Å². The smallest absolute Gasteiger partial charge is 0.327 e. The third-order valence-corrected chi connectivity index (χ3v) is 4.53. The van der Waals surface area contributed by atoms with Crippen LogP contribution in [0.4, 0.5) is 5.69 Å². The van der Waals surface area contributed by atoms with Gasteiger partial charge in [-0.25, -0.2) is 4.68 Å². The summed E-state index contributed by atoms with van der Waals surface area (Å²) in [6.45, 7) is 2.08. The second kappa shape index (κ2) is 8.15. The molecule has 0 saturated carbocycles. The van der Waals surface area contributed by atoms with Crippen molar-refractivity contribution >= 4 is 38.4 Å². The minimum absolute atomic E-state index is 0.242. The number of esters is 1. The van der Waals surface area contributed by atoms with Gasteiger partial charge in [-0.1, -0.05) is 6.92 Å². The fourth-order valence-corrected chi connectivity index (χ4v) is 2.40. The van der Waals surface area contributed by atoms with Crippen molar-refractivity contribution in [1.29, 1.82) is 0 Å². The lowest BCUT2D eigenvalue weighted by Gasteiger charge is -2.09. The molecule has 1 atom stereocenters. The number of nitrogens with zero attached hydrogens (tertiary/aromatic N) is 2. The van der Waals surface area contributed by atoms with Crippen LogP contribution in [-0.2, 0) is 26.9 Å². The summed E-state index contributed by atoms with van der Waals surface area (Å²) in [4.78, 5) is 23.1. The zero-order valence-corrected chi connectivity index (χ0v) is 13.6. The van der Waals surface area contributed by atoms with Crippen LogP contribution in [0.1, 0.15) is 6.92 Å². The van der Waals surface area contributed by atoms with E-state index in [1.54, 1.807) is 0 Å². The maximum atomic E-state index is 11.9. The molecule has 0 aliphatic rings. The predicted octanol–water partition coefficient (Wildman–Crippen LogP) is 0.359. The Kier molecular flexibility index (Phi) is 6.86. The van der Waals surface area contributed by atoms with Gasteiger partial charge >= 0.3 is 5.97 Å². The van der Waals surface area contributed by atoms with E-state index in [0.29, 0.717) is 23.7 Å². The van der Waals surface area contributed by atoms with Gasteiger partial charge in [-0.15, -0.1) is 0 Å². The Morgan fingerprint density at radius 1 is 1.60 bits per heavy atom. The van der Waals surface area contributed by atoms with Gasteiger partial charge in [-0.2, -0.15) is 5.10 Å². The third kappa shape index (κ3) is 4.71. The highest BCUT2D eigenvalue weighted by atomic mass is 79.9. The Hall–Kier alpha value is -1.22. The van der Waals surface area contributed by atoms with Crippen LogP contribution in [-0.4, -0.2) is 45.1 Å². The second-order valence-electron chi connectivity index (χ2n) is 3.77. The van der Waals surface area contributed by atoms with Gasteiger partial charge in [0.15, 0.2) is 0 Å². The molecule has 1 rings (SSSR count). The van der Waals surface area contributed by atoms with Gasteiger partial charge in [0, 0.05) is 28.9 Å². The van der Waals surface area contributed by atoms with Gasteiger partial charge in [0.2, 0.25) is 0 Å². The Morgan fingerprint density at radius 3 is 2.90 bits per heavy atom. The Bertz CT molecular complexity index is 561. The van der Waals surface area contributed by atoms with Crippen molar-refractivity contribution in [3.05, 3.63) is 21.0 Å². The first-order chi connectivity index (χ1) is 9.49. The standard InChI is InChI=1S/C11H16BrN3O4S/c1-3-20(18)5-4-13-8-6-14-15(7-9(16)19-2)11(17)10(8)12/h6,13H,3-5,7H2,1-2H3. The lowest BCUT2D eigenvalue weighted by molar-refractivity contribution is -0.141. The number of halogens is 1. The molecule has 1 aromatic rings. The number of nitrogens with one attached hydrogen (secondary N) is 1.